The van der Waals surface area contributed by atoms with Crippen molar-refractivity contribution in [3.63, 3.8) is 0 Å². The van der Waals surface area contributed by atoms with E-state index in [4.69, 9.17) is 9.84 Å². The number of benzene rings is 2. The van der Waals surface area contributed by atoms with Crippen LogP contribution in [-0.4, -0.2) is 32.4 Å². The first-order valence-electron chi connectivity index (χ1n) is 8.58. The Hall–Kier alpha value is -2.42. The van der Waals surface area contributed by atoms with E-state index in [1.807, 2.05) is 13.8 Å². The number of hydrogen-bond donors (Lipinski definition) is 3. The van der Waals surface area contributed by atoms with Gasteiger partial charge >= 0.3 is 5.97 Å². The highest BCUT2D eigenvalue weighted by Crippen LogP contribution is 2.20. The molecule has 0 heterocycles. The number of hydrogen-bond acceptors (Lipinski definition) is 5. The number of rotatable bonds is 10. The number of ether oxygens (including phenoxy) is 1. The zero-order valence-corrected chi connectivity index (χ0v) is 16.1. The molecule has 3 N–H and O–H groups in total. The standard InChI is InChI=1S/C19H24N2O5S/c1-3-18(26-17-7-5-4-6-15(17)12-19(22)23)20-13-21-27(24,25)16-10-8-14(2)9-11-16/h4-11,18,20-21H,3,12-13H2,1-2H3,(H,22,23). The molecule has 2 rings (SSSR count). The van der Waals surface area contributed by atoms with Gasteiger partial charge in [0.1, 0.15) is 5.75 Å². The number of carboxylic acid groups (broad SMARTS) is 1. The molecule has 0 amide bonds. The van der Waals surface area contributed by atoms with Crippen molar-refractivity contribution in [2.75, 3.05) is 6.67 Å². The minimum Gasteiger partial charge on any atom is -0.481 e. The maximum absolute atomic E-state index is 12.3. The van der Waals surface area contributed by atoms with Crippen molar-refractivity contribution >= 4 is 16.0 Å². The van der Waals surface area contributed by atoms with Crippen molar-refractivity contribution in [1.82, 2.24) is 10.0 Å². The maximum Gasteiger partial charge on any atom is 0.307 e. The summed E-state index contributed by atoms with van der Waals surface area (Å²) >= 11 is 0. The summed E-state index contributed by atoms with van der Waals surface area (Å²) in [5.41, 5.74) is 1.54. The van der Waals surface area contributed by atoms with Gasteiger partial charge in [-0.2, -0.15) is 4.72 Å². The molecule has 0 saturated heterocycles. The van der Waals surface area contributed by atoms with Crippen LogP contribution in [0.5, 0.6) is 5.75 Å². The number of nitrogens with one attached hydrogen (secondary N) is 2. The monoisotopic (exact) mass is 392 g/mol. The molecule has 0 spiro atoms. The average molecular weight is 392 g/mol. The number of carbonyl (C=O) groups is 1. The van der Waals surface area contributed by atoms with Crippen LogP contribution in [0.1, 0.15) is 24.5 Å². The molecule has 0 radical (unpaired) electrons. The van der Waals surface area contributed by atoms with Crippen LogP contribution in [0.4, 0.5) is 0 Å². The van der Waals surface area contributed by atoms with E-state index >= 15 is 0 Å². The van der Waals surface area contributed by atoms with Gasteiger partial charge in [-0.15, -0.1) is 0 Å². The molecule has 146 valence electrons. The van der Waals surface area contributed by atoms with Gasteiger partial charge in [0.2, 0.25) is 10.0 Å². The van der Waals surface area contributed by atoms with E-state index in [0.717, 1.165) is 5.56 Å². The van der Waals surface area contributed by atoms with E-state index in [0.29, 0.717) is 17.7 Å². The fourth-order valence-corrected chi connectivity index (χ4v) is 3.34. The van der Waals surface area contributed by atoms with Crippen molar-refractivity contribution in [3.8, 4) is 5.75 Å². The molecular formula is C19H24N2O5S. The van der Waals surface area contributed by atoms with Gasteiger partial charge in [0, 0.05) is 5.56 Å². The summed E-state index contributed by atoms with van der Waals surface area (Å²) in [6.45, 7) is 3.75. The third-order valence-electron chi connectivity index (χ3n) is 3.88. The fraction of sp³-hybridized carbons (Fsp3) is 0.316. The molecule has 0 saturated carbocycles. The highest BCUT2D eigenvalue weighted by molar-refractivity contribution is 7.89. The van der Waals surface area contributed by atoms with Gasteiger partial charge in [-0.25, -0.2) is 8.42 Å². The van der Waals surface area contributed by atoms with Crippen molar-refractivity contribution in [1.29, 1.82) is 0 Å². The van der Waals surface area contributed by atoms with Crippen LogP contribution in [0.3, 0.4) is 0 Å². The third kappa shape index (κ3) is 6.35. The summed E-state index contributed by atoms with van der Waals surface area (Å²) in [6.07, 6.45) is -0.0546. The molecule has 2 aromatic carbocycles. The predicted molar refractivity (Wildman–Crippen MR) is 102 cm³/mol. The van der Waals surface area contributed by atoms with Gasteiger partial charge in [-0.3, -0.25) is 10.1 Å². The minimum atomic E-state index is -3.62. The quantitative estimate of drug-likeness (QED) is 0.536. The molecule has 0 aromatic heterocycles. The van der Waals surface area contributed by atoms with Crippen molar-refractivity contribution in [2.24, 2.45) is 0 Å². The molecule has 0 aliphatic rings. The molecule has 1 unspecified atom stereocenters. The van der Waals surface area contributed by atoms with Crippen LogP contribution in [0, 0.1) is 6.92 Å². The van der Waals surface area contributed by atoms with Gasteiger partial charge in [-0.1, -0.05) is 42.8 Å². The number of aryl methyl sites for hydroxylation is 1. The first-order valence-corrected chi connectivity index (χ1v) is 10.1. The third-order valence-corrected chi connectivity index (χ3v) is 5.29. The van der Waals surface area contributed by atoms with E-state index in [-0.39, 0.29) is 18.0 Å². The Kier molecular flexibility index (Phi) is 7.35. The maximum atomic E-state index is 12.3. The summed E-state index contributed by atoms with van der Waals surface area (Å²) in [5.74, 6) is -0.487. The average Bonchev–Trinajstić information content (AvgIpc) is 2.62. The van der Waals surface area contributed by atoms with Gasteiger partial charge in [0.25, 0.3) is 0 Å². The van der Waals surface area contributed by atoms with E-state index < -0.39 is 22.2 Å². The van der Waals surface area contributed by atoms with Gasteiger partial charge < -0.3 is 9.84 Å². The molecule has 0 fully saturated rings. The second kappa shape index (κ2) is 9.50. The second-order valence-electron chi connectivity index (χ2n) is 6.03. The van der Waals surface area contributed by atoms with Gasteiger partial charge in [0.05, 0.1) is 18.0 Å². The molecule has 8 heteroatoms. The Bertz CT molecular complexity index is 866. The Morgan fingerprint density at radius 1 is 1.15 bits per heavy atom. The fourth-order valence-electron chi connectivity index (χ4n) is 2.40. The van der Waals surface area contributed by atoms with Crippen molar-refractivity contribution < 1.29 is 23.1 Å². The summed E-state index contributed by atoms with van der Waals surface area (Å²) in [7, 11) is -3.62. The topological polar surface area (TPSA) is 105 Å². The number of para-hydroxylation sites is 1. The largest absolute Gasteiger partial charge is 0.481 e. The van der Waals surface area contributed by atoms with Crippen molar-refractivity contribution in [2.45, 2.75) is 37.8 Å². The van der Waals surface area contributed by atoms with Crippen LogP contribution in [0.15, 0.2) is 53.4 Å². The Morgan fingerprint density at radius 2 is 1.81 bits per heavy atom. The van der Waals surface area contributed by atoms with Crippen LogP contribution in [0.2, 0.25) is 0 Å². The highest BCUT2D eigenvalue weighted by Gasteiger charge is 2.16. The summed E-state index contributed by atoms with van der Waals surface area (Å²) < 4.78 is 32.9. The lowest BCUT2D eigenvalue weighted by molar-refractivity contribution is -0.136. The lowest BCUT2D eigenvalue weighted by atomic mass is 10.1. The summed E-state index contributed by atoms with van der Waals surface area (Å²) in [5, 5.41) is 12.0. The molecule has 7 nitrogen and oxygen atoms in total. The number of carboxylic acids is 1. The lowest BCUT2D eigenvalue weighted by Gasteiger charge is -2.21. The van der Waals surface area contributed by atoms with Gasteiger partial charge in [-0.05, 0) is 31.5 Å². The minimum absolute atomic E-state index is 0.0180. The number of sulfonamides is 1. The number of aliphatic carboxylic acids is 1. The normalized spacial score (nSPS) is 12.5. The van der Waals surface area contributed by atoms with E-state index in [2.05, 4.69) is 10.0 Å². The van der Waals surface area contributed by atoms with Crippen molar-refractivity contribution in [3.05, 3.63) is 59.7 Å². The summed E-state index contributed by atoms with van der Waals surface area (Å²) in [4.78, 5) is 11.2. The van der Waals surface area contributed by atoms with E-state index in [9.17, 15) is 13.2 Å². The molecule has 2 aromatic rings. The molecule has 27 heavy (non-hydrogen) atoms. The first kappa shape index (κ1) is 20.9. The van der Waals surface area contributed by atoms with Gasteiger partial charge in [0.15, 0.2) is 6.23 Å². The predicted octanol–water partition coefficient (Wildman–Crippen LogP) is 2.26. The van der Waals surface area contributed by atoms with E-state index in [1.165, 1.54) is 0 Å². The Labute approximate surface area is 159 Å². The lowest BCUT2D eigenvalue weighted by Crippen LogP contribution is -2.42. The Balaban J connectivity index is 1.96. The highest BCUT2D eigenvalue weighted by atomic mass is 32.2. The molecule has 0 bridgehead atoms. The molecular weight excluding hydrogens is 368 g/mol. The molecule has 0 aliphatic heterocycles. The van der Waals surface area contributed by atoms with Crippen LogP contribution < -0.4 is 14.8 Å². The Morgan fingerprint density at radius 3 is 2.44 bits per heavy atom. The first-order chi connectivity index (χ1) is 12.8. The SMILES string of the molecule is CCC(NCNS(=O)(=O)c1ccc(C)cc1)Oc1ccccc1CC(=O)O. The zero-order chi connectivity index (χ0) is 19.9. The molecule has 1 atom stereocenters. The smallest absolute Gasteiger partial charge is 0.307 e. The molecule has 0 aliphatic carbocycles. The van der Waals surface area contributed by atoms with Crippen LogP contribution >= 0.6 is 0 Å². The summed E-state index contributed by atoms with van der Waals surface area (Å²) in [6, 6.07) is 13.5. The zero-order valence-electron chi connectivity index (χ0n) is 15.3. The second-order valence-corrected chi connectivity index (χ2v) is 7.80. The van der Waals surface area contributed by atoms with Crippen LogP contribution in [0.25, 0.3) is 0 Å². The van der Waals surface area contributed by atoms with E-state index in [1.54, 1.807) is 48.5 Å². The van der Waals surface area contributed by atoms with Crippen LogP contribution in [-0.2, 0) is 21.2 Å².